The lowest BCUT2D eigenvalue weighted by molar-refractivity contribution is 0.255. The van der Waals surface area contributed by atoms with Crippen molar-refractivity contribution >= 4 is 11.6 Å². The zero-order valence-corrected chi connectivity index (χ0v) is 15.6. The van der Waals surface area contributed by atoms with Crippen molar-refractivity contribution in [3.8, 4) is 0 Å². The van der Waals surface area contributed by atoms with Crippen molar-refractivity contribution in [1.29, 1.82) is 0 Å². The SMILES string of the molecule is Cc1cccc(N2CCN(CCCNC(N)=NCC3CCC3)CC2)c1. The predicted octanol–water partition coefficient (Wildman–Crippen LogP) is 2.21. The van der Waals surface area contributed by atoms with Crippen LogP contribution in [-0.2, 0) is 0 Å². The van der Waals surface area contributed by atoms with Gasteiger partial charge in [-0.1, -0.05) is 18.6 Å². The molecule has 1 aliphatic heterocycles. The molecule has 1 saturated heterocycles. The van der Waals surface area contributed by atoms with Gasteiger partial charge in [0.15, 0.2) is 5.96 Å². The molecule has 5 nitrogen and oxygen atoms in total. The summed E-state index contributed by atoms with van der Waals surface area (Å²) in [6.07, 6.45) is 5.13. The van der Waals surface area contributed by atoms with Crippen LogP contribution in [0.3, 0.4) is 0 Å². The maximum atomic E-state index is 5.93. The molecule has 0 bridgehead atoms. The van der Waals surface area contributed by atoms with Crippen LogP contribution in [0.2, 0.25) is 0 Å². The third-order valence-electron chi connectivity index (χ3n) is 5.44. The third kappa shape index (κ3) is 5.63. The van der Waals surface area contributed by atoms with E-state index in [1.165, 1.54) is 30.5 Å². The topological polar surface area (TPSA) is 56.9 Å². The zero-order valence-electron chi connectivity index (χ0n) is 15.6. The number of piperazine rings is 1. The van der Waals surface area contributed by atoms with Gasteiger partial charge in [0.1, 0.15) is 0 Å². The molecule has 5 heteroatoms. The van der Waals surface area contributed by atoms with Gasteiger partial charge in [-0.05, 0) is 56.3 Å². The van der Waals surface area contributed by atoms with E-state index in [0.717, 1.165) is 58.2 Å². The fourth-order valence-corrected chi connectivity index (χ4v) is 3.53. The number of aliphatic imine (C=N–C) groups is 1. The van der Waals surface area contributed by atoms with Gasteiger partial charge >= 0.3 is 0 Å². The van der Waals surface area contributed by atoms with Crippen LogP contribution in [0.15, 0.2) is 29.3 Å². The number of nitrogens with zero attached hydrogens (tertiary/aromatic N) is 3. The summed E-state index contributed by atoms with van der Waals surface area (Å²) in [7, 11) is 0. The van der Waals surface area contributed by atoms with Crippen LogP contribution in [0.1, 0.15) is 31.2 Å². The molecule has 25 heavy (non-hydrogen) atoms. The highest BCUT2D eigenvalue weighted by molar-refractivity contribution is 5.77. The van der Waals surface area contributed by atoms with Crippen molar-refractivity contribution in [3.63, 3.8) is 0 Å². The Balaban J connectivity index is 1.29. The number of anilines is 1. The second-order valence-corrected chi connectivity index (χ2v) is 7.47. The van der Waals surface area contributed by atoms with Crippen molar-refractivity contribution in [2.45, 2.75) is 32.6 Å². The van der Waals surface area contributed by atoms with Gasteiger partial charge in [-0.3, -0.25) is 9.89 Å². The monoisotopic (exact) mass is 343 g/mol. The lowest BCUT2D eigenvalue weighted by Crippen LogP contribution is -2.47. The van der Waals surface area contributed by atoms with Crippen molar-refractivity contribution in [2.75, 3.05) is 50.7 Å². The van der Waals surface area contributed by atoms with Gasteiger partial charge in [0, 0.05) is 45.0 Å². The van der Waals surface area contributed by atoms with Gasteiger partial charge in [-0.15, -0.1) is 0 Å². The number of aryl methyl sites for hydroxylation is 1. The van der Waals surface area contributed by atoms with E-state index in [1.807, 2.05) is 0 Å². The van der Waals surface area contributed by atoms with Crippen LogP contribution >= 0.6 is 0 Å². The third-order valence-corrected chi connectivity index (χ3v) is 5.44. The average molecular weight is 344 g/mol. The van der Waals surface area contributed by atoms with Gasteiger partial charge in [0.05, 0.1) is 0 Å². The summed E-state index contributed by atoms with van der Waals surface area (Å²) in [5.74, 6) is 1.40. The summed E-state index contributed by atoms with van der Waals surface area (Å²) in [5, 5.41) is 3.26. The maximum Gasteiger partial charge on any atom is 0.188 e. The molecule has 1 aromatic carbocycles. The number of hydrogen-bond acceptors (Lipinski definition) is 3. The number of rotatable bonds is 7. The van der Waals surface area contributed by atoms with Crippen LogP contribution in [0.4, 0.5) is 5.69 Å². The lowest BCUT2D eigenvalue weighted by atomic mass is 9.86. The number of benzene rings is 1. The first-order chi connectivity index (χ1) is 12.2. The summed E-state index contributed by atoms with van der Waals surface area (Å²) < 4.78 is 0. The summed E-state index contributed by atoms with van der Waals surface area (Å²) in [6, 6.07) is 8.82. The molecular weight excluding hydrogens is 310 g/mol. The summed E-state index contributed by atoms with van der Waals surface area (Å²) in [4.78, 5) is 9.49. The van der Waals surface area contributed by atoms with Gasteiger partial charge in [0.2, 0.25) is 0 Å². The standard InChI is InChI=1S/C20H33N5/c1-17-5-2-8-19(15-17)25-13-11-24(12-14-25)10-4-9-22-20(21)23-16-18-6-3-7-18/h2,5,8,15,18H,3-4,6-7,9-14,16H2,1H3,(H3,21,22,23). The zero-order chi connectivity index (χ0) is 17.5. The van der Waals surface area contributed by atoms with Gasteiger partial charge in [0.25, 0.3) is 0 Å². The van der Waals surface area contributed by atoms with Crippen LogP contribution in [-0.4, -0.2) is 56.7 Å². The van der Waals surface area contributed by atoms with E-state index in [1.54, 1.807) is 0 Å². The lowest BCUT2D eigenvalue weighted by Gasteiger charge is -2.36. The molecule has 138 valence electrons. The first-order valence-electron chi connectivity index (χ1n) is 9.78. The first kappa shape index (κ1) is 18.1. The van der Waals surface area contributed by atoms with E-state index >= 15 is 0 Å². The van der Waals surface area contributed by atoms with Crippen LogP contribution in [0, 0.1) is 12.8 Å². The quantitative estimate of drug-likeness (QED) is 0.453. The molecular formula is C20H33N5. The van der Waals surface area contributed by atoms with E-state index < -0.39 is 0 Å². The summed E-state index contributed by atoms with van der Waals surface area (Å²) >= 11 is 0. The molecule has 0 radical (unpaired) electrons. The van der Waals surface area contributed by atoms with Crippen LogP contribution in [0.25, 0.3) is 0 Å². The number of nitrogens with one attached hydrogen (secondary N) is 1. The highest BCUT2D eigenvalue weighted by Gasteiger charge is 2.17. The fraction of sp³-hybridized carbons (Fsp3) is 0.650. The maximum absolute atomic E-state index is 5.93. The van der Waals surface area contributed by atoms with Crippen LogP contribution in [0.5, 0.6) is 0 Å². The minimum atomic E-state index is 0.621. The normalized spacial score (nSPS) is 19.7. The second kappa shape index (κ2) is 9.09. The highest BCUT2D eigenvalue weighted by atomic mass is 15.3. The van der Waals surface area contributed by atoms with Crippen molar-refractivity contribution in [1.82, 2.24) is 10.2 Å². The van der Waals surface area contributed by atoms with E-state index in [2.05, 4.69) is 51.3 Å². The highest BCUT2D eigenvalue weighted by Crippen LogP contribution is 2.26. The Labute approximate surface area is 152 Å². The molecule has 3 N–H and O–H groups in total. The number of hydrogen-bond donors (Lipinski definition) is 2. The number of nitrogens with two attached hydrogens (primary N) is 1. The molecule has 3 rings (SSSR count). The van der Waals surface area contributed by atoms with E-state index in [-0.39, 0.29) is 0 Å². The molecule has 1 aromatic rings. The van der Waals surface area contributed by atoms with Crippen molar-refractivity contribution < 1.29 is 0 Å². The Morgan fingerprint density at radius 2 is 2.04 bits per heavy atom. The smallest absolute Gasteiger partial charge is 0.188 e. The molecule has 0 amide bonds. The minimum absolute atomic E-state index is 0.621. The minimum Gasteiger partial charge on any atom is -0.370 e. The van der Waals surface area contributed by atoms with Crippen LogP contribution < -0.4 is 16.0 Å². The van der Waals surface area contributed by atoms with E-state index in [9.17, 15) is 0 Å². The fourth-order valence-electron chi connectivity index (χ4n) is 3.53. The Bertz CT molecular complexity index is 559. The molecule has 1 aliphatic carbocycles. The second-order valence-electron chi connectivity index (χ2n) is 7.47. The molecule has 0 spiro atoms. The van der Waals surface area contributed by atoms with E-state index in [4.69, 9.17) is 5.73 Å². The molecule has 0 atom stereocenters. The molecule has 2 fully saturated rings. The molecule has 2 aliphatic rings. The Kier molecular flexibility index (Phi) is 6.56. The van der Waals surface area contributed by atoms with Crippen molar-refractivity contribution in [2.24, 2.45) is 16.6 Å². The van der Waals surface area contributed by atoms with Gasteiger partial charge < -0.3 is 16.0 Å². The largest absolute Gasteiger partial charge is 0.370 e. The predicted molar refractivity (Wildman–Crippen MR) is 106 cm³/mol. The van der Waals surface area contributed by atoms with Crippen molar-refractivity contribution in [3.05, 3.63) is 29.8 Å². The van der Waals surface area contributed by atoms with Gasteiger partial charge in [-0.2, -0.15) is 0 Å². The summed E-state index contributed by atoms with van der Waals surface area (Å²) in [6.45, 7) is 9.61. The molecule has 0 unspecified atom stereocenters. The summed E-state index contributed by atoms with van der Waals surface area (Å²) in [5.41, 5.74) is 8.63. The Morgan fingerprint density at radius 3 is 2.72 bits per heavy atom. The molecule has 0 aromatic heterocycles. The molecule has 1 saturated carbocycles. The van der Waals surface area contributed by atoms with E-state index in [0.29, 0.717) is 5.96 Å². The average Bonchev–Trinajstić information content (AvgIpc) is 2.58. The molecule has 1 heterocycles. The Hall–Kier alpha value is -1.75. The Morgan fingerprint density at radius 1 is 1.24 bits per heavy atom. The van der Waals surface area contributed by atoms with Gasteiger partial charge in [-0.25, -0.2) is 0 Å². The first-order valence-corrected chi connectivity index (χ1v) is 9.78. The number of guanidine groups is 1.